The van der Waals surface area contributed by atoms with E-state index in [9.17, 15) is 35.5 Å². The number of amides is 1. The van der Waals surface area contributed by atoms with Crippen LogP contribution in [0.5, 0.6) is 5.75 Å². The minimum absolute atomic E-state index is 0.133. The number of nitrogens with zero attached hydrogens (tertiary/aromatic N) is 4. The Kier molecular flexibility index (Phi) is 7.28. The van der Waals surface area contributed by atoms with Gasteiger partial charge in [0.25, 0.3) is 5.91 Å². The molecule has 13 heteroatoms. The second kappa shape index (κ2) is 10.4. The zero-order chi connectivity index (χ0) is 28.8. The Morgan fingerprint density at radius 1 is 1.02 bits per heavy atom. The molecule has 2 heterocycles. The molecule has 2 fully saturated rings. The van der Waals surface area contributed by atoms with Gasteiger partial charge in [0.1, 0.15) is 17.3 Å². The summed E-state index contributed by atoms with van der Waals surface area (Å²) in [6.45, 7) is 2.15. The summed E-state index contributed by atoms with van der Waals surface area (Å²) < 4.78 is 96.2. The maximum absolute atomic E-state index is 13.8. The molecule has 2 aromatic carbocycles. The predicted molar refractivity (Wildman–Crippen MR) is 128 cm³/mol. The summed E-state index contributed by atoms with van der Waals surface area (Å²) in [7, 11) is 1.69. The number of likely N-dealkylation sites (tertiary alicyclic amines) is 1. The first-order chi connectivity index (χ1) is 18.8. The minimum atomic E-state index is -4.86. The van der Waals surface area contributed by atoms with Gasteiger partial charge in [-0.05, 0) is 53.1 Å². The molecule has 2 aliphatic rings. The lowest BCUT2D eigenvalue weighted by Crippen LogP contribution is -2.35. The third-order valence-electron chi connectivity index (χ3n) is 7.36. The number of carbonyl (C=O) groups excluding carboxylic acids is 1. The van der Waals surface area contributed by atoms with Crippen molar-refractivity contribution in [2.24, 2.45) is 24.8 Å². The van der Waals surface area contributed by atoms with Crippen LogP contribution in [0.15, 0.2) is 55.0 Å². The normalized spacial score (nSPS) is 20.9. The lowest BCUT2D eigenvalue weighted by atomic mass is 10.1. The van der Waals surface area contributed by atoms with E-state index in [1.807, 2.05) is 0 Å². The van der Waals surface area contributed by atoms with E-state index in [0.717, 1.165) is 30.8 Å². The van der Waals surface area contributed by atoms with Crippen LogP contribution >= 0.6 is 0 Å². The second-order valence-electron chi connectivity index (χ2n) is 10.3. The summed E-state index contributed by atoms with van der Waals surface area (Å²) in [6.07, 6.45) is -6.63. The van der Waals surface area contributed by atoms with Crippen LogP contribution in [0, 0.1) is 23.6 Å². The van der Waals surface area contributed by atoms with Crippen molar-refractivity contribution in [3.63, 3.8) is 0 Å². The fourth-order valence-electron chi connectivity index (χ4n) is 5.46. The molecular formula is C27H25F7N4O2. The molecule has 2 atom stereocenters. The number of benzene rings is 2. The van der Waals surface area contributed by atoms with Crippen LogP contribution in [-0.2, 0) is 26.3 Å². The maximum Gasteiger partial charge on any atom is 0.573 e. The highest BCUT2D eigenvalue weighted by atomic mass is 19.4. The van der Waals surface area contributed by atoms with E-state index in [1.165, 1.54) is 35.6 Å². The van der Waals surface area contributed by atoms with Gasteiger partial charge in [-0.15, -0.1) is 13.2 Å². The third-order valence-corrected chi connectivity index (χ3v) is 7.36. The molecule has 0 bridgehead atoms. The van der Waals surface area contributed by atoms with E-state index >= 15 is 0 Å². The van der Waals surface area contributed by atoms with Gasteiger partial charge in [0.05, 0.1) is 11.9 Å². The first-order valence-corrected chi connectivity index (χ1v) is 12.5. The Bertz CT molecular complexity index is 1360. The molecule has 1 saturated heterocycles. The molecule has 0 spiro atoms. The molecule has 1 aliphatic heterocycles. The van der Waals surface area contributed by atoms with E-state index < -0.39 is 29.8 Å². The van der Waals surface area contributed by atoms with Gasteiger partial charge in [-0.25, -0.2) is 9.37 Å². The highest BCUT2D eigenvalue weighted by Gasteiger charge is 2.56. The molecule has 214 valence electrons. The Morgan fingerprint density at radius 3 is 2.25 bits per heavy atom. The molecule has 1 saturated carbocycles. The molecule has 1 aromatic heterocycles. The van der Waals surface area contributed by atoms with Gasteiger partial charge in [0, 0.05) is 46.0 Å². The van der Waals surface area contributed by atoms with Crippen molar-refractivity contribution in [2.45, 2.75) is 25.6 Å². The van der Waals surface area contributed by atoms with Crippen LogP contribution in [0.3, 0.4) is 0 Å². The lowest BCUT2D eigenvalue weighted by Gasteiger charge is -2.25. The van der Waals surface area contributed by atoms with Gasteiger partial charge >= 0.3 is 12.5 Å². The van der Waals surface area contributed by atoms with E-state index in [4.69, 9.17) is 0 Å². The minimum Gasteiger partial charge on any atom is -0.406 e. The number of carbonyl (C=O) groups is 1. The van der Waals surface area contributed by atoms with Crippen LogP contribution in [0.2, 0.25) is 0 Å². The van der Waals surface area contributed by atoms with Crippen LogP contribution in [0.25, 0.3) is 0 Å². The second-order valence-corrected chi connectivity index (χ2v) is 10.3. The topological polar surface area (TPSA) is 50.6 Å². The number of hydrogen-bond donors (Lipinski definition) is 0. The summed E-state index contributed by atoms with van der Waals surface area (Å²) in [5, 5.41) is 0. The SMILES string of the molecule is Cn1cnc(C(=O)N(Cc2ccc(F)c(C(F)(F)F)c2)CC2C3CN(Cc4ccc(OC(F)(F)F)cc4)CC32)c1. The number of piperidine rings is 1. The number of fused-ring (bicyclic) bond motifs is 1. The highest BCUT2D eigenvalue weighted by Crippen LogP contribution is 2.52. The van der Waals surface area contributed by atoms with Gasteiger partial charge in [-0.3, -0.25) is 9.69 Å². The van der Waals surface area contributed by atoms with Gasteiger partial charge in [0.15, 0.2) is 0 Å². The van der Waals surface area contributed by atoms with Crippen molar-refractivity contribution in [1.82, 2.24) is 19.4 Å². The monoisotopic (exact) mass is 570 g/mol. The summed E-state index contributed by atoms with van der Waals surface area (Å²) in [6, 6.07) is 8.42. The predicted octanol–water partition coefficient (Wildman–Crippen LogP) is 5.50. The van der Waals surface area contributed by atoms with E-state index in [1.54, 1.807) is 23.7 Å². The molecular weight excluding hydrogens is 545 g/mol. The quantitative estimate of drug-likeness (QED) is 0.336. The number of imidazole rings is 1. The van der Waals surface area contributed by atoms with Gasteiger partial charge in [-0.2, -0.15) is 13.2 Å². The smallest absolute Gasteiger partial charge is 0.406 e. The molecule has 3 aromatic rings. The lowest BCUT2D eigenvalue weighted by molar-refractivity contribution is -0.274. The molecule has 0 radical (unpaired) electrons. The number of ether oxygens (including phenoxy) is 1. The number of aromatic nitrogens is 2. The van der Waals surface area contributed by atoms with Crippen LogP contribution in [0.1, 0.15) is 27.2 Å². The number of rotatable bonds is 8. The van der Waals surface area contributed by atoms with Gasteiger partial charge < -0.3 is 14.2 Å². The average Bonchev–Trinajstić information content (AvgIpc) is 3.18. The van der Waals surface area contributed by atoms with Crippen LogP contribution in [-0.4, -0.2) is 51.3 Å². The number of alkyl halides is 6. The van der Waals surface area contributed by atoms with Gasteiger partial charge in [-0.1, -0.05) is 18.2 Å². The Hall–Kier alpha value is -3.61. The zero-order valence-electron chi connectivity index (χ0n) is 21.2. The molecule has 0 N–H and O–H groups in total. The molecule has 40 heavy (non-hydrogen) atoms. The van der Waals surface area contributed by atoms with Crippen LogP contribution < -0.4 is 4.74 Å². The van der Waals surface area contributed by atoms with E-state index in [-0.39, 0.29) is 41.3 Å². The Labute approximate surface area is 225 Å². The largest absolute Gasteiger partial charge is 0.573 e. The van der Waals surface area contributed by atoms with Crippen molar-refractivity contribution >= 4 is 5.91 Å². The fourth-order valence-corrected chi connectivity index (χ4v) is 5.46. The van der Waals surface area contributed by atoms with Crippen molar-refractivity contribution in [2.75, 3.05) is 19.6 Å². The molecule has 2 unspecified atom stereocenters. The highest BCUT2D eigenvalue weighted by molar-refractivity contribution is 5.92. The molecule has 5 rings (SSSR count). The number of hydrogen-bond acceptors (Lipinski definition) is 4. The third kappa shape index (κ3) is 6.40. The summed E-state index contributed by atoms with van der Waals surface area (Å²) in [4.78, 5) is 21.0. The van der Waals surface area contributed by atoms with Crippen molar-refractivity contribution in [3.8, 4) is 5.75 Å². The average molecular weight is 571 g/mol. The number of halogens is 7. The first-order valence-electron chi connectivity index (χ1n) is 12.5. The van der Waals surface area contributed by atoms with Crippen molar-refractivity contribution in [3.05, 3.63) is 83.2 Å². The standard InChI is InChI=1S/C27H25F7N4O2/c1-36-14-24(35-15-36)25(39)38(10-17-4-7-23(28)22(8-17)26(29,30)31)13-21-19-11-37(12-20(19)21)9-16-2-5-18(6-3-16)40-27(32,33)34/h2-8,14-15,19-21H,9-13H2,1H3. The van der Waals surface area contributed by atoms with E-state index in [2.05, 4.69) is 14.6 Å². The Balaban J connectivity index is 1.23. The molecule has 6 nitrogen and oxygen atoms in total. The summed E-state index contributed by atoms with van der Waals surface area (Å²) in [5.41, 5.74) is -0.238. The fraction of sp³-hybridized carbons (Fsp3) is 0.407. The zero-order valence-corrected chi connectivity index (χ0v) is 21.2. The Morgan fingerprint density at radius 2 is 1.68 bits per heavy atom. The summed E-state index contributed by atoms with van der Waals surface area (Å²) in [5.74, 6) is -1.42. The van der Waals surface area contributed by atoms with Gasteiger partial charge in [0.2, 0.25) is 0 Å². The van der Waals surface area contributed by atoms with E-state index in [0.29, 0.717) is 13.1 Å². The molecule has 1 aliphatic carbocycles. The van der Waals surface area contributed by atoms with Crippen molar-refractivity contribution in [1.29, 1.82) is 0 Å². The number of aryl methyl sites for hydroxylation is 1. The van der Waals surface area contributed by atoms with Crippen LogP contribution in [0.4, 0.5) is 30.7 Å². The van der Waals surface area contributed by atoms with Crippen molar-refractivity contribution < 1.29 is 40.3 Å². The summed E-state index contributed by atoms with van der Waals surface area (Å²) >= 11 is 0. The molecule has 1 amide bonds. The maximum atomic E-state index is 13.8. The first kappa shape index (κ1) is 27.9.